The van der Waals surface area contributed by atoms with Gasteiger partial charge in [0.05, 0.1) is 0 Å². The van der Waals surface area contributed by atoms with Crippen LogP contribution in [0.1, 0.15) is 43.2 Å². The summed E-state index contributed by atoms with van der Waals surface area (Å²) in [5.41, 5.74) is -3.99. The summed E-state index contributed by atoms with van der Waals surface area (Å²) in [4.78, 5) is 17.6. The van der Waals surface area contributed by atoms with Gasteiger partial charge in [-0.1, -0.05) is 47.3 Å². The van der Waals surface area contributed by atoms with Gasteiger partial charge in [-0.25, -0.2) is 0 Å². The van der Waals surface area contributed by atoms with E-state index in [9.17, 15) is 13.3 Å². The van der Waals surface area contributed by atoms with Gasteiger partial charge in [0.15, 0.2) is 0 Å². The van der Waals surface area contributed by atoms with Crippen LogP contribution in [-0.2, 0) is 16.0 Å². The van der Waals surface area contributed by atoms with Gasteiger partial charge in [0, 0.05) is 21.0 Å². The quantitative estimate of drug-likeness (QED) is 0.513. The molecule has 0 spiro atoms. The maximum absolute atomic E-state index is 13.7. The van der Waals surface area contributed by atoms with Crippen molar-refractivity contribution in [1.82, 2.24) is 0 Å². The molecule has 1 aromatic carbocycles. The first-order chi connectivity index (χ1) is 10.2. The molecular weight excluding hydrogens is 443 g/mol. The van der Waals surface area contributed by atoms with Gasteiger partial charge in [0.2, 0.25) is 0 Å². The molecular formula is C14H20BrF2Na2O3PS. The number of alkyl halides is 2. The van der Waals surface area contributed by atoms with Crippen molar-refractivity contribution in [3.8, 4) is 0 Å². The Morgan fingerprint density at radius 2 is 1.79 bits per heavy atom. The zero-order chi connectivity index (χ0) is 16.4. The van der Waals surface area contributed by atoms with Crippen molar-refractivity contribution < 1.29 is 23.1 Å². The Bertz CT molecular complexity index is 583. The molecule has 1 saturated carbocycles. The third kappa shape index (κ3) is 6.90. The molecule has 0 radical (unpaired) electrons. The van der Waals surface area contributed by atoms with Crippen molar-refractivity contribution in [2.24, 2.45) is 0 Å². The minimum atomic E-state index is -5.54. The minimum absolute atomic E-state index is 0. The molecule has 3 nitrogen and oxygen atoms in total. The predicted molar refractivity (Wildman–Crippen MR) is 103 cm³/mol. The Kier molecular flexibility index (Phi) is 12.1. The van der Waals surface area contributed by atoms with Crippen molar-refractivity contribution in [3.05, 3.63) is 33.8 Å². The molecule has 0 aliphatic heterocycles. The average molecular weight is 463 g/mol. The standard InChI is InChI=1S/C14H18BrF2O3PS.2Na.2H/c15-13-8-10(9-22-11-4-2-1-3-5-11)6-7-12(13)14(16,17)21(18,19)20;;;;/h6-8,11H,1-5,9H2,(H2,18,19,20);;;;. The monoisotopic (exact) mass is 462 g/mol. The fraction of sp³-hybridized carbons (Fsp3) is 0.571. The second-order valence-electron chi connectivity index (χ2n) is 5.47. The van der Waals surface area contributed by atoms with Gasteiger partial charge in [0.25, 0.3) is 0 Å². The van der Waals surface area contributed by atoms with Crippen LogP contribution < -0.4 is 0 Å². The number of thioether (sulfide) groups is 1. The number of benzene rings is 1. The molecule has 24 heavy (non-hydrogen) atoms. The predicted octanol–water partition coefficient (Wildman–Crippen LogP) is 3.95. The molecule has 10 heteroatoms. The Hall–Kier alpha value is 2.06. The molecule has 1 aliphatic rings. The summed E-state index contributed by atoms with van der Waals surface area (Å²) in [6.45, 7) is 0. The number of hydrogen-bond donors (Lipinski definition) is 2. The van der Waals surface area contributed by atoms with Crippen molar-refractivity contribution in [1.29, 1.82) is 0 Å². The van der Waals surface area contributed by atoms with Gasteiger partial charge >= 0.3 is 72.4 Å². The van der Waals surface area contributed by atoms with Gasteiger partial charge in [-0.3, -0.25) is 4.57 Å². The van der Waals surface area contributed by atoms with E-state index in [-0.39, 0.29) is 63.6 Å². The van der Waals surface area contributed by atoms with Crippen LogP contribution in [0.3, 0.4) is 0 Å². The van der Waals surface area contributed by atoms with Crippen molar-refractivity contribution >= 4 is 94.4 Å². The van der Waals surface area contributed by atoms with Gasteiger partial charge in [0.1, 0.15) is 0 Å². The first-order valence-corrected chi connectivity index (χ1v) is 10.5. The Balaban J connectivity index is 0.00000264. The summed E-state index contributed by atoms with van der Waals surface area (Å²) >= 11 is 4.83. The SMILES string of the molecule is O=P(O)(O)C(F)(F)c1ccc(CSC2CCCCC2)cc1Br.[NaH].[NaH]. The fourth-order valence-corrected chi connectivity index (χ4v) is 5.11. The normalized spacial score (nSPS) is 16.2. The summed E-state index contributed by atoms with van der Waals surface area (Å²) in [6, 6.07) is 4.13. The van der Waals surface area contributed by atoms with E-state index in [2.05, 4.69) is 15.9 Å². The summed E-state index contributed by atoms with van der Waals surface area (Å²) in [6.07, 6.45) is 6.17. The third-order valence-corrected chi connectivity index (χ3v) is 6.83. The van der Waals surface area contributed by atoms with Crippen LogP contribution in [-0.4, -0.2) is 74.2 Å². The van der Waals surface area contributed by atoms with Crippen LogP contribution >= 0.6 is 35.3 Å². The van der Waals surface area contributed by atoms with E-state index in [4.69, 9.17) is 9.79 Å². The van der Waals surface area contributed by atoms with Crippen LogP contribution in [0.5, 0.6) is 0 Å². The molecule has 0 unspecified atom stereocenters. The van der Waals surface area contributed by atoms with E-state index in [1.165, 1.54) is 44.2 Å². The van der Waals surface area contributed by atoms with Crippen LogP contribution in [0.2, 0.25) is 0 Å². The Morgan fingerprint density at radius 3 is 2.29 bits per heavy atom. The van der Waals surface area contributed by atoms with E-state index in [0.29, 0.717) is 11.0 Å². The Labute approximate surface area is 198 Å². The topological polar surface area (TPSA) is 57.5 Å². The summed E-state index contributed by atoms with van der Waals surface area (Å²) in [5.74, 6) is 0.713. The zero-order valence-electron chi connectivity index (χ0n) is 11.8. The van der Waals surface area contributed by atoms with Crippen molar-refractivity contribution in [3.63, 3.8) is 0 Å². The third-order valence-electron chi connectivity index (χ3n) is 3.76. The molecule has 2 N–H and O–H groups in total. The van der Waals surface area contributed by atoms with E-state index in [0.717, 1.165) is 11.6 Å². The van der Waals surface area contributed by atoms with Crippen LogP contribution in [0, 0.1) is 0 Å². The van der Waals surface area contributed by atoms with Gasteiger partial charge in [-0.15, -0.1) is 0 Å². The molecule has 0 aromatic heterocycles. The van der Waals surface area contributed by atoms with Gasteiger partial charge in [-0.05, 0) is 24.5 Å². The van der Waals surface area contributed by atoms with E-state index >= 15 is 0 Å². The first-order valence-electron chi connectivity index (χ1n) is 7.06. The van der Waals surface area contributed by atoms with E-state index in [1.807, 2.05) is 11.8 Å². The second kappa shape index (κ2) is 11.2. The molecule has 0 amide bonds. The van der Waals surface area contributed by atoms with E-state index in [1.54, 1.807) is 0 Å². The number of hydrogen-bond acceptors (Lipinski definition) is 2. The van der Waals surface area contributed by atoms with Crippen LogP contribution in [0.15, 0.2) is 22.7 Å². The zero-order valence-corrected chi connectivity index (χ0v) is 15.1. The summed E-state index contributed by atoms with van der Waals surface area (Å²) in [7, 11) is -5.54. The van der Waals surface area contributed by atoms with E-state index < -0.39 is 18.8 Å². The molecule has 0 saturated heterocycles. The van der Waals surface area contributed by atoms with Gasteiger partial charge in [-0.2, -0.15) is 20.5 Å². The molecule has 0 heterocycles. The fourth-order valence-electron chi connectivity index (χ4n) is 2.50. The number of rotatable bonds is 5. The van der Waals surface area contributed by atoms with Crippen molar-refractivity contribution in [2.45, 2.75) is 48.8 Å². The molecule has 1 aliphatic carbocycles. The Morgan fingerprint density at radius 1 is 1.21 bits per heavy atom. The van der Waals surface area contributed by atoms with Crippen molar-refractivity contribution in [2.75, 3.05) is 0 Å². The molecule has 2 rings (SSSR count). The summed E-state index contributed by atoms with van der Waals surface area (Å²) < 4.78 is 38.4. The molecule has 128 valence electrons. The van der Waals surface area contributed by atoms with Gasteiger partial charge < -0.3 is 9.79 Å². The van der Waals surface area contributed by atoms with Crippen LogP contribution in [0.25, 0.3) is 0 Å². The number of halogens is 3. The van der Waals surface area contributed by atoms with Crippen LogP contribution in [0.4, 0.5) is 8.78 Å². The average Bonchev–Trinajstić information content (AvgIpc) is 2.45. The second-order valence-corrected chi connectivity index (χ2v) is 9.26. The molecule has 0 bridgehead atoms. The molecule has 1 aromatic rings. The first kappa shape index (κ1) is 26.1. The molecule has 0 atom stereocenters. The molecule has 1 fully saturated rings. The summed E-state index contributed by atoms with van der Waals surface area (Å²) in [5, 5.41) is 0.615. The maximum atomic E-state index is 13.7.